The molecule has 3 atom stereocenters. The van der Waals surface area contributed by atoms with Crippen molar-refractivity contribution in [2.45, 2.75) is 18.1 Å². The summed E-state index contributed by atoms with van der Waals surface area (Å²) >= 11 is -2.14. The lowest BCUT2D eigenvalue weighted by atomic mass is 9.97. The Balaban J connectivity index is 2.20. The van der Waals surface area contributed by atoms with Crippen molar-refractivity contribution >= 4 is 17.2 Å². The first-order valence-corrected chi connectivity index (χ1v) is 7.68. The molecule has 3 heteroatoms. The molecule has 0 amide bonds. The molecule has 2 rings (SSSR count). The van der Waals surface area contributed by atoms with Gasteiger partial charge < -0.3 is 4.55 Å². The molecule has 0 aliphatic heterocycles. The van der Waals surface area contributed by atoms with Crippen LogP contribution in [0.2, 0.25) is 0 Å². The van der Waals surface area contributed by atoms with Crippen LogP contribution in [0.3, 0.4) is 0 Å². The van der Waals surface area contributed by atoms with Crippen molar-refractivity contribution in [3.63, 3.8) is 0 Å². The Hall–Kier alpha value is -1.71. The summed E-state index contributed by atoms with van der Waals surface area (Å²) in [5.41, 5.74) is 2.03. The van der Waals surface area contributed by atoms with Crippen molar-refractivity contribution < 1.29 is 8.76 Å². The van der Waals surface area contributed by atoms with Crippen LogP contribution in [0.1, 0.15) is 24.0 Å². The first-order chi connectivity index (χ1) is 9.68. The zero-order valence-electron chi connectivity index (χ0n) is 11.3. The molecule has 0 saturated heterocycles. The van der Waals surface area contributed by atoms with E-state index >= 15 is 0 Å². The minimum Gasteiger partial charge on any atom is -0.772 e. The second-order valence-electron chi connectivity index (χ2n) is 4.69. The van der Waals surface area contributed by atoms with Gasteiger partial charge in [-0.2, -0.15) is 0 Å². The van der Waals surface area contributed by atoms with E-state index in [1.54, 1.807) is 6.08 Å². The van der Waals surface area contributed by atoms with Crippen LogP contribution in [0.4, 0.5) is 0 Å². The molecule has 3 unspecified atom stereocenters. The van der Waals surface area contributed by atoms with Crippen LogP contribution in [0, 0.1) is 0 Å². The fraction of sp³-hybridized carbons (Fsp3) is 0.176. The topological polar surface area (TPSA) is 40.1 Å². The second-order valence-corrected chi connectivity index (χ2v) is 5.76. The first-order valence-electron chi connectivity index (χ1n) is 6.55. The minimum absolute atomic E-state index is 0.0745. The third-order valence-electron chi connectivity index (χ3n) is 3.32. The highest BCUT2D eigenvalue weighted by molar-refractivity contribution is 7.80. The Labute approximate surface area is 122 Å². The van der Waals surface area contributed by atoms with Gasteiger partial charge in [-0.15, -0.1) is 0 Å². The van der Waals surface area contributed by atoms with Gasteiger partial charge in [-0.05, 0) is 28.1 Å². The molecule has 2 nitrogen and oxygen atoms in total. The number of hydrogen-bond donors (Lipinski definition) is 0. The normalized spacial score (nSPS) is 15.9. The molecule has 0 aromatic heterocycles. The summed E-state index contributed by atoms with van der Waals surface area (Å²) in [6.07, 6.45) is 3.62. The maximum atomic E-state index is 11.5. The molecule has 104 valence electrons. The van der Waals surface area contributed by atoms with E-state index in [2.05, 4.69) is 0 Å². The van der Waals surface area contributed by atoms with Gasteiger partial charge in [-0.25, -0.2) is 0 Å². The van der Waals surface area contributed by atoms with Crippen LogP contribution in [-0.4, -0.2) is 14.0 Å². The monoisotopic (exact) mass is 285 g/mol. The Morgan fingerprint density at radius 3 is 2.10 bits per heavy atom. The van der Waals surface area contributed by atoms with Crippen LogP contribution < -0.4 is 0 Å². The third kappa shape index (κ3) is 3.89. The average molecular weight is 285 g/mol. The largest absolute Gasteiger partial charge is 0.772 e. The third-order valence-corrected chi connectivity index (χ3v) is 4.33. The molecule has 0 radical (unpaired) electrons. The van der Waals surface area contributed by atoms with Crippen molar-refractivity contribution in [2.24, 2.45) is 0 Å². The Kier molecular flexibility index (Phi) is 5.27. The summed E-state index contributed by atoms with van der Waals surface area (Å²) in [4.78, 5) is 0. The van der Waals surface area contributed by atoms with E-state index in [-0.39, 0.29) is 5.92 Å². The van der Waals surface area contributed by atoms with E-state index in [0.717, 1.165) is 11.1 Å². The van der Waals surface area contributed by atoms with Crippen LogP contribution >= 0.6 is 0 Å². The second kappa shape index (κ2) is 7.17. The Morgan fingerprint density at radius 1 is 1.00 bits per heavy atom. The van der Waals surface area contributed by atoms with Gasteiger partial charge in [-0.3, -0.25) is 4.21 Å². The zero-order chi connectivity index (χ0) is 14.4. The summed E-state index contributed by atoms with van der Waals surface area (Å²) in [6, 6.07) is 19.4. The number of rotatable bonds is 5. The van der Waals surface area contributed by atoms with Crippen molar-refractivity contribution in [3.05, 3.63) is 77.9 Å². The number of hydrogen-bond acceptors (Lipinski definition) is 2. The van der Waals surface area contributed by atoms with Gasteiger partial charge in [0.1, 0.15) is 0 Å². The predicted molar refractivity (Wildman–Crippen MR) is 83.0 cm³/mol. The maximum absolute atomic E-state index is 11.5. The van der Waals surface area contributed by atoms with Crippen LogP contribution in [0.15, 0.2) is 66.7 Å². The van der Waals surface area contributed by atoms with E-state index in [4.69, 9.17) is 0 Å². The lowest BCUT2D eigenvalue weighted by molar-refractivity contribution is 0.522. The van der Waals surface area contributed by atoms with Gasteiger partial charge in [0.05, 0.1) is 0 Å². The molecule has 0 N–H and O–H groups in total. The lowest BCUT2D eigenvalue weighted by Crippen LogP contribution is -2.19. The summed E-state index contributed by atoms with van der Waals surface area (Å²) in [6.45, 7) is 1.94. The highest BCUT2D eigenvalue weighted by Gasteiger charge is 2.16. The fourth-order valence-electron chi connectivity index (χ4n) is 2.11. The van der Waals surface area contributed by atoms with Crippen molar-refractivity contribution in [3.8, 4) is 0 Å². The van der Waals surface area contributed by atoms with Gasteiger partial charge in [0, 0.05) is 5.25 Å². The van der Waals surface area contributed by atoms with Gasteiger partial charge in [0.15, 0.2) is 0 Å². The average Bonchev–Trinajstić information content (AvgIpc) is 2.49. The summed E-state index contributed by atoms with van der Waals surface area (Å²) in [5.74, 6) is -0.0745. The SMILES string of the molecule is CC(c1ccccc1)C(C=Cc1ccccc1)S(=O)[O-]. The molecule has 2 aromatic carbocycles. The van der Waals surface area contributed by atoms with Crippen molar-refractivity contribution in [1.29, 1.82) is 0 Å². The first kappa shape index (κ1) is 14.7. The molecule has 0 saturated carbocycles. The van der Waals surface area contributed by atoms with E-state index in [9.17, 15) is 8.76 Å². The van der Waals surface area contributed by atoms with Crippen LogP contribution in [0.25, 0.3) is 6.08 Å². The molecule has 2 aromatic rings. The van der Waals surface area contributed by atoms with Crippen molar-refractivity contribution in [2.75, 3.05) is 0 Å². The van der Waals surface area contributed by atoms with Gasteiger partial charge in [0.2, 0.25) is 0 Å². The molecular formula is C17H17O2S-. The summed E-state index contributed by atoms with van der Waals surface area (Å²) < 4.78 is 23.0. The maximum Gasteiger partial charge on any atom is 0.0464 e. The summed E-state index contributed by atoms with van der Waals surface area (Å²) in [7, 11) is 0. The molecule has 0 spiro atoms. The van der Waals surface area contributed by atoms with E-state index in [0.29, 0.717) is 0 Å². The number of benzene rings is 2. The van der Waals surface area contributed by atoms with Gasteiger partial charge in [-0.1, -0.05) is 79.7 Å². The molecule has 20 heavy (non-hydrogen) atoms. The fourth-order valence-corrected chi connectivity index (χ4v) is 2.81. The van der Waals surface area contributed by atoms with E-state index in [1.165, 1.54) is 0 Å². The molecule has 0 aliphatic carbocycles. The van der Waals surface area contributed by atoms with Crippen LogP contribution in [-0.2, 0) is 11.1 Å². The molecular weight excluding hydrogens is 268 g/mol. The molecule has 0 aliphatic rings. The summed E-state index contributed by atoms with van der Waals surface area (Å²) in [5, 5.41) is -0.530. The smallest absolute Gasteiger partial charge is 0.0464 e. The highest BCUT2D eigenvalue weighted by atomic mass is 32.2. The Morgan fingerprint density at radius 2 is 1.55 bits per heavy atom. The standard InChI is InChI=1S/C17H18O2S/c1-14(16-10-6-3-7-11-16)17(20(18)19)13-12-15-8-4-2-5-9-15/h2-14,17H,1H3,(H,18,19)/p-1. The van der Waals surface area contributed by atoms with Crippen LogP contribution in [0.5, 0.6) is 0 Å². The van der Waals surface area contributed by atoms with Gasteiger partial charge >= 0.3 is 0 Å². The van der Waals surface area contributed by atoms with E-state index < -0.39 is 16.3 Å². The molecule has 0 bridgehead atoms. The quantitative estimate of drug-likeness (QED) is 0.785. The highest BCUT2D eigenvalue weighted by Crippen LogP contribution is 2.23. The minimum atomic E-state index is -2.14. The van der Waals surface area contributed by atoms with Crippen molar-refractivity contribution in [1.82, 2.24) is 0 Å². The molecule has 0 fully saturated rings. The molecule has 0 heterocycles. The van der Waals surface area contributed by atoms with E-state index in [1.807, 2.05) is 73.7 Å². The zero-order valence-corrected chi connectivity index (χ0v) is 12.1. The predicted octanol–water partition coefficient (Wildman–Crippen LogP) is 3.75. The lowest BCUT2D eigenvalue weighted by Gasteiger charge is -2.23. The Bertz CT molecular complexity index is 578. The van der Waals surface area contributed by atoms with Gasteiger partial charge in [0.25, 0.3) is 0 Å².